The van der Waals surface area contributed by atoms with Crippen LogP contribution < -0.4 is 15.4 Å². The second-order valence-corrected chi connectivity index (χ2v) is 7.74. The first kappa shape index (κ1) is 20.3. The van der Waals surface area contributed by atoms with E-state index in [2.05, 4.69) is 10.6 Å². The van der Waals surface area contributed by atoms with Crippen molar-refractivity contribution in [3.8, 4) is 5.75 Å². The molecular formula is C23H25FN2O4. The average molecular weight is 412 g/mol. The van der Waals surface area contributed by atoms with Crippen LogP contribution in [0.3, 0.4) is 0 Å². The van der Waals surface area contributed by atoms with Crippen LogP contribution in [-0.4, -0.2) is 38.7 Å². The summed E-state index contributed by atoms with van der Waals surface area (Å²) in [5.41, 5.74) is 1.49. The zero-order chi connectivity index (χ0) is 21.1. The zero-order valence-corrected chi connectivity index (χ0v) is 16.9. The highest BCUT2D eigenvalue weighted by atomic mass is 19.1. The molecule has 2 N–H and O–H groups in total. The summed E-state index contributed by atoms with van der Waals surface area (Å²) < 4.78 is 24.6. The molecule has 0 bridgehead atoms. The predicted molar refractivity (Wildman–Crippen MR) is 110 cm³/mol. The van der Waals surface area contributed by atoms with Crippen molar-refractivity contribution >= 4 is 17.5 Å². The van der Waals surface area contributed by atoms with Crippen molar-refractivity contribution in [2.24, 2.45) is 0 Å². The number of carbonyl (C=O) groups is 2. The van der Waals surface area contributed by atoms with Gasteiger partial charge < -0.3 is 20.1 Å². The van der Waals surface area contributed by atoms with E-state index >= 15 is 0 Å². The van der Waals surface area contributed by atoms with Crippen molar-refractivity contribution < 1.29 is 23.5 Å². The molecule has 0 radical (unpaired) electrons. The molecule has 2 amide bonds. The van der Waals surface area contributed by atoms with Gasteiger partial charge in [-0.25, -0.2) is 4.39 Å². The number of hydrogen-bond acceptors (Lipinski definition) is 4. The fourth-order valence-corrected chi connectivity index (χ4v) is 4.37. The number of carbonyl (C=O) groups excluding carboxylic acids is 2. The number of rotatable bonds is 6. The lowest BCUT2D eigenvalue weighted by Crippen LogP contribution is -2.48. The van der Waals surface area contributed by atoms with Crippen molar-refractivity contribution in [2.75, 3.05) is 32.2 Å². The van der Waals surface area contributed by atoms with Gasteiger partial charge in [0.2, 0.25) is 11.8 Å². The molecule has 0 spiro atoms. The maximum absolute atomic E-state index is 13.8. The molecule has 30 heavy (non-hydrogen) atoms. The van der Waals surface area contributed by atoms with Crippen LogP contribution in [0.2, 0.25) is 0 Å². The van der Waals surface area contributed by atoms with Gasteiger partial charge in [-0.15, -0.1) is 0 Å². The molecule has 0 saturated carbocycles. The zero-order valence-electron chi connectivity index (χ0n) is 16.9. The monoisotopic (exact) mass is 412 g/mol. The van der Waals surface area contributed by atoms with Gasteiger partial charge in [0.05, 0.1) is 18.4 Å². The number of methoxy groups -OCH3 is 1. The van der Waals surface area contributed by atoms with Crippen molar-refractivity contribution in [1.29, 1.82) is 0 Å². The first-order valence-electron chi connectivity index (χ1n) is 10.1. The molecule has 158 valence electrons. The van der Waals surface area contributed by atoms with Crippen LogP contribution in [0.4, 0.5) is 10.1 Å². The number of fused-ring (bicyclic) bond motifs is 1. The summed E-state index contributed by atoms with van der Waals surface area (Å²) in [6.45, 7) is 1.23. The van der Waals surface area contributed by atoms with Gasteiger partial charge in [-0.05, 0) is 60.7 Å². The molecule has 2 aromatic rings. The van der Waals surface area contributed by atoms with E-state index in [-0.39, 0.29) is 23.5 Å². The Morgan fingerprint density at radius 2 is 2.07 bits per heavy atom. The molecule has 1 fully saturated rings. The third-order valence-corrected chi connectivity index (χ3v) is 6.09. The maximum Gasteiger partial charge on any atom is 0.232 e. The summed E-state index contributed by atoms with van der Waals surface area (Å²) in [6, 6.07) is 11.7. The van der Waals surface area contributed by atoms with E-state index in [0.717, 1.165) is 11.3 Å². The third-order valence-electron chi connectivity index (χ3n) is 6.09. The highest BCUT2D eigenvalue weighted by Crippen LogP contribution is 2.38. The summed E-state index contributed by atoms with van der Waals surface area (Å²) in [5, 5.41) is 5.86. The van der Waals surface area contributed by atoms with Crippen LogP contribution in [-0.2, 0) is 19.7 Å². The fourth-order valence-electron chi connectivity index (χ4n) is 4.37. The van der Waals surface area contributed by atoms with E-state index in [1.165, 1.54) is 12.1 Å². The quantitative estimate of drug-likeness (QED) is 0.764. The van der Waals surface area contributed by atoms with E-state index in [4.69, 9.17) is 9.47 Å². The first-order chi connectivity index (χ1) is 14.5. The lowest BCUT2D eigenvalue weighted by atomic mass is 9.73. The molecule has 2 aliphatic heterocycles. The van der Waals surface area contributed by atoms with Crippen molar-refractivity contribution in [3.05, 3.63) is 59.4 Å². The molecule has 4 rings (SSSR count). The van der Waals surface area contributed by atoms with E-state index in [1.54, 1.807) is 25.3 Å². The Morgan fingerprint density at radius 3 is 2.80 bits per heavy atom. The molecule has 2 aliphatic rings. The van der Waals surface area contributed by atoms with Gasteiger partial charge in [0.25, 0.3) is 0 Å². The summed E-state index contributed by atoms with van der Waals surface area (Å²) >= 11 is 0. The first-order valence-corrected chi connectivity index (χ1v) is 10.1. The minimum Gasteiger partial charge on any atom is -0.497 e. The van der Waals surface area contributed by atoms with E-state index in [0.29, 0.717) is 50.3 Å². The molecule has 6 nitrogen and oxygen atoms in total. The summed E-state index contributed by atoms with van der Waals surface area (Å²) in [4.78, 5) is 25.6. The third kappa shape index (κ3) is 3.77. The number of amides is 2. The van der Waals surface area contributed by atoms with Crippen LogP contribution in [0.1, 0.15) is 36.3 Å². The Hall–Kier alpha value is -2.93. The number of hydrogen-bond donors (Lipinski definition) is 2. The average Bonchev–Trinajstić information content (AvgIpc) is 3.08. The topological polar surface area (TPSA) is 76.7 Å². The molecular weight excluding hydrogens is 387 g/mol. The minimum atomic E-state index is -0.820. The molecule has 1 atom stereocenters. The van der Waals surface area contributed by atoms with Gasteiger partial charge in [0.15, 0.2) is 0 Å². The van der Waals surface area contributed by atoms with Crippen LogP contribution in [0.5, 0.6) is 5.75 Å². The number of benzene rings is 2. The molecule has 0 aliphatic carbocycles. The van der Waals surface area contributed by atoms with Gasteiger partial charge in [0, 0.05) is 25.4 Å². The van der Waals surface area contributed by atoms with Crippen LogP contribution in [0.15, 0.2) is 42.5 Å². The lowest BCUT2D eigenvalue weighted by Gasteiger charge is -2.36. The Balaban J connectivity index is 1.47. The summed E-state index contributed by atoms with van der Waals surface area (Å²) in [6.07, 6.45) is 1.45. The van der Waals surface area contributed by atoms with Crippen LogP contribution in [0.25, 0.3) is 0 Å². The number of ether oxygens (including phenoxy) is 2. The minimum absolute atomic E-state index is 0.0848. The lowest BCUT2D eigenvalue weighted by molar-refractivity contribution is -0.130. The highest BCUT2D eigenvalue weighted by molar-refractivity contribution is 6.03. The Kier molecular flexibility index (Phi) is 5.72. The highest BCUT2D eigenvalue weighted by Gasteiger charge is 2.42. The van der Waals surface area contributed by atoms with Gasteiger partial charge in [0.1, 0.15) is 11.6 Å². The molecule has 7 heteroatoms. The molecule has 0 aromatic heterocycles. The molecule has 1 unspecified atom stereocenters. The number of halogens is 1. The second kappa shape index (κ2) is 8.44. The largest absolute Gasteiger partial charge is 0.497 e. The molecule has 2 aromatic carbocycles. The van der Waals surface area contributed by atoms with Crippen LogP contribution >= 0.6 is 0 Å². The maximum atomic E-state index is 13.8. The smallest absolute Gasteiger partial charge is 0.232 e. The van der Waals surface area contributed by atoms with E-state index in [9.17, 15) is 14.0 Å². The fraction of sp³-hybridized carbons (Fsp3) is 0.391. The summed E-state index contributed by atoms with van der Waals surface area (Å²) in [5.74, 6) is -0.264. The van der Waals surface area contributed by atoms with Crippen molar-refractivity contribution in [1.82, 2.24) is 5.32 Å². The van der Waals surface area contributed by atoms with Gasteiger partial charge in [-0.1, -0.05) is 12.1 Å². The number of nitrogens with one attached hydrogen (secondary N) is 2. The molecule has 2 heterocycles. The second-order valence-electron chi connectivity index (χ2n) is 7.74. The predicted octanol–water partition coefficient (Wildman–Crippen LogP) is 3.12. The SMILES string of the molecule is COc1ccc2c(c1)C(CCNC(=O)C1(c3cccc(F)c3)CCOCC1)C(=O)N2. The van der Waals surface area contributed by atoms with Gasteiger partial charge in [-0.3, -0.25) is 9.59 Å². The normalized spacial score (nSPS) is 19.7. The summed E-state index contributed by atoms with van der Waals surface area (Å²) in [7, 11) is 1.58. The standard InChI is InChI=1S/C23H25FN2O4/c1-29-17-5-6-20-19(14-17)18(21(27)26-20)7-10-25-22(28)23(8-11-30-12-9-23)15-3-2-4-16(24)13-15/h2-6,13-14,18H,7-12H2,1H3,(H,25,28)(H,26,27). The molecule has 1 saturated heterocycles. The van der Waals surface area contributed by atoms with Crippen LogP contribution in [0, 0.1) is 5.82 Å². The van der Waals surface area contributed by atoms with Crippen molar-refractivity contribution in [2.45, 2.75) is 30.6 Å². The van der Waals surface area contributed by atoms with Gasteiger partial charge >= 0.3 is 0 Å². The number of anilines is 1. The van der Waals surface area contributed by atoms with E-state index < -0.39 is 5.41 Å². The van der Waals surface area contributed by atoms with E-state index in [1.807, 2.05) is 12.1 Å². The Morgan fingerprint density at radius 1 is 1.27 bits per heavy atom. The Labute approximate surface area is 174 Å². The van der Waals surface area contributed by atoms with Gasteiger partial charge in [-0.2, -0.15) is 0 Å². The van der Waals surface area contributed by atoms with Crippen molar-refractivity contribution in [3.63, 3.8) is 0 Å². The Bertz CT molecular complexity index is 956.